The molecule has 0 fully saturated rings. The number of nitrogens with one attached hydrogen (secondary N) is 1. The third-order valence-electron chi connectivity index (χ3n) is 4.80. The molecule has 0 saturated carbocycles. The molecular weight excluding hydrogens is 394 g/mol. The third kappa shape index (κ3) is 4.58. The lowest BCUT2D eigenvalue weighted by Gasteiger charge is -2.10. The molecule has 0 radical (unpaired) electrons. The van der Waals surface area contributed by atoms with Crippen molar-refractivity contribution in [1.29, 1.82) is 0 Å². The number of amides is 1. The molecule has 0 aliphatic heterocycles. The molecule has 6 nitrogen and oxygen atoms in total. The van der Waals surface area contributed by atoms with E-state index in [9.17, 15) is 4.79 Å². The number of nitrogens with zero attached hydrogens (tertiary/aromatic N) is 4. The van der Waals surface area contributed by atoms with E-state index in [1.165, 1.54) is 11.8 Å². The highest BCUT2D eigenvalue weighted by Crippen LogP contribution is 2.22. The molecular formula is C23H21N5OS. The molecule has 0 atom stereocenters. The van der Waals surface area contributed by atoms with Gasteiger partial charge in [0.05, 0.1) is 17.1 Å². The van der Waals surface area contributed by atoms with E-state index in [4.69, 9.17) is 0 Å². The smallest absolute Gasteiger partial charge is 0.234 e. The van der Waals surface area contributed by atoms with E-state index in [0.29, 0.717) is 5.03 Å². The van der Waals surface area contributed by atoms with Gasteiger partial charge in [-0.2, -0.15) is 5.10 Å². The van der Waals surface area contributed by atoms with Gasteiger partial charge in [0.2, 0.25) is 5.91 Å². The Morgan fingerprint density at radius 3 is 2.53 bits per heavy atom. The highest BCUT2D eigenvalue weighted by molar-refractivity contribution is 7.99. The minimum atomic E-state index is -0.0613. The number of hydrogen-bond acceptors (Lipinski definition) is 5. The summed E-state index contributed by atoms with van der Waals surface area (Å²) in [6.07, 6.45) is 3.65. The van der Waals surface area contributed by atoms with Gasteiger partial charge in [0, 0.05) is 23.6 Å². The lowest BCUT2D eigenvalue weighted by Crippen LogP contribution is -2.15. The molecule has 4 aromatic rings. The average Bonchev–Trinajstić information content (AvgIpc) is 3.31. The predicted octanol–water partition coefficient (Wildman–Crippen LogP) is 4.68. The number of benzene rings is 2. The molecule has 0 aliphatic carbocycles. The van der Waals surface area contributed by atoms with Crippen LogP contribution in [0.4, 0.5) is 5.69 Å². The highest BCUT2D eigenvalue weighted by atomic mass is 32.2. The largest absolute Gasteiger partial charge is 0.325 e. The Morgan fingerprint density at radius 1 is 1.00 bits per heavy atom. The van der Waals surface area contributed by atoms with Crippen molar-refractivity contribution in [3.63, 3.8) is 0 Å². The van der Waals surface area contributed by atoms with Crippen molar-refractivity contribution in [2.24, 2.45) is 0 Å². The summed E-state index contributed by atoms with van der Waals surface area (Å²) in [5.74, 6) is 0.216. The van der Waals surface area contributed by atoms with Gasteiger partial charge in [-0.1, -0.05) is 36.0 Å². The lowest BCUT2D eigenvalue weighted by molar-refractivity contribution is -0.113. The lowest BCUT2D eigenvalue weighted by atomic mass is 10.1. The van der Waals surface area contributed by atoms with Crippen LogP contribution in [0.15, 0.2) is 78.1 Å². The second-order valence-electron chi connectivity index (χ2n) is 6.84. The minimum Gasteiger partial charge on any atom is -0.325 e. The van der Waals surface area contributed by atoms with Crippen LogP contribution in [0.2, 0.25) is 0 Å². The summed E-state index contributed by atoms with van der Waals surface area (Å²) in [5, 5.41) is 16.5. The van der Waals surface area contributed by atoms with E-state index in [1.807, 2.05) is 80.7 Å². The van der Waals surface area contributed by atoms with Crippen molar-refractivity contribution in [2.75, 3.05) is 11.1 Å². The zero-order valence-electron chi connectivity index (χ0n) is 16.7. The zero-order chi connectivity index (χ0) is 20.9. The Bertz CT molecular complexity index is 1140. The molecule has 0 bridgehead atoms. The molecule has 0 unspecified atom stereocenters. The molecule has 0 aliphatic rings. The van der Waals surface area contributed by atoms with Crippen LogP contribution >= 0.6 is 11.8 Å². The SMILES string of the molecule is Cc1cccc(NC(=O)CSc2ccc(-c3ccc(-n4cccn4)cc3)nn2)c1C. The van der Waals surface area contributed by atoms with E-state index < -0.39 is 0 Å². The second-order valence-corrected chi connectivity index (χ2v) is 7.83. The molecule has 150 valence electrons. The van der Waals surface area contributed by atoms with Crippen LogP contribution in [0.3, 0.4) is 0 Å². The van der Waals surface area contributed by atoms with Crippen LogP contribution in [-0.2, 0) is 4.79 Å². The summed E-state index contributed by atoms with van der Waals surface area (Å²) < 4.78 is 1.80. The number of rotatable bonds is 6. The molecule has 4 rings (SSSR count). The van der Waals surface area contributed by atoms with Crippen molar-refractivity contribution < 1.29 is 4.79 Å². The van der Waals surface area contributed by atoms with Crippen molar-refractivity contribution in [3.05, 3.63) is 84.2 Å². The first-order valence-electron chi connectivity index (χ1n) is 9.53. The standard InChI is InChI=1S/C23H21N5OS/c1-16-5-3-6-20(17(16)2)25-22(29)15-30-23-12-11-21(26-27-23)18-7-9-19(10-8-18)28-14-4-13-24-28/h3-14H,15H2,1-2H3,(H,25,29). The van der Waals surface area contributed by atoms with Crippen molar-refractivity contribution in [2.45, 2.75) is 18.9 Å². The molecule has 0 spiro atoms. The summed E-state index contributed by atoms with van der Waals surface area (Å²) in [6, 6.07) is 19.5. The van der Waals surface area contributed by atoms with Gasteiger partial charge in [-0.3, -0.25) is 4.79 Å². The van der Waals surface area contributed by atoms with Crippen molar-refractivity contribution in [1.82, 2.24) is 20.0 Å². The maximum absolute atomic E-state index is 12.3. The molecule has 2 aromatic heterocycles. The Kier molecular flexibility index (Phi) is 5.90. The van der Waals surface area contributed by atoms with E-state index in [-0.39, 0.29) is 11.7 Å². The van der Waals surface area contributed by atoms with Gasteiger partial charge >= 0.3 is 0 Å². The van der Waals surface area contributed by atoms with Gasteiger partial charge in [-0.25, -0.2) is 4.68 Å². The van der Waals surface area contributed by atoms with Gasteiger partial charge in [0.25, 0.3) is 0 Å². The molecule has 0 saturated heterocycles. The van der Waals surface area contributed by atoms with Crippen molar-refractivity contribution in [3.8, 4) is 16.9 Å². The monoisotopic (exact) mass is 415 g/mol. The summed E-state index contributed by atoms with van der Waals surface area (Å²) in [6.45, 7) is 4.03. The van der Waals surface area contributed by atoms with E-state index >= 15 is 0 Å². The quantitative estimate of drug-likeness (QED) is 0.463. The van der Waals surface area contributed by atoms with Gasteiger partial charge in [-0.05, 0) is 61.4 Å². The fourth-order valence-corrected chi connectivity index (χ4v) is 3.58. The Morgan fingerprint density at radius 2 is 1.83 bits per heavy atom. The number of aromatic nitrogens is 4. The first kappa shape index (κ1) is 19.8. The topological polar surface area (TPSA) is 72.7 Å². The summed E-state index contributed by atoms with van der Waals surface area (Å²) in [7, 11) is 0. The van der Waals surface area contributed by atoms with E-state index in [1.54, 1.807) is 10.9 Å². The first-order valence-corrected chi connectivity index (χ1v) is 10.5. The van der Waals surface area contributed by atoms with Crippen molar-refractivity contribution >= 4 is 23.4 Å². The zero-order valence-corrected chi connectivity index (χ0v) is 17.6. The number of anilines is 1. The van der Waals surface area contributed by atoms with Gasteiger partial charge < -0.3 is 5.32 Å². The number of thioether (sulfide) groups is 1. The number of carbonyl (C=O) groups is 1. The number of carbonyl (C=O) groups excluding carboxylic acids is 1. The fraction of sp³-hybridized carbons (Fsp3) is 0.130. The van der Waals surface area contributed by atoms with Crippen LogP contribution < -0.4 is 5.32 Å². The maximum atomic E-state index is 12.3. The van der Waals surface area contributed by atoms with Gasteiger partial charge in [0.1, 0.15) is 5.03 Å². The van der Waals surface area contributed by atoms with Crippen LogP contribution in [0.1, 0.15) is 11.1 Å². The van der Waals surface area contributed by atoms with Crippen LogP contribution in [0, 0.1) is 13.8 Å². The minimum absolute atomic E-state index is 0.0613. The molecule has 2 aromatic carbocycles. The Hall–Kier alpha value is -3.45. The van der Waals surface area contributed by atoms with E-state index in [2.05, 4.69) is 20.6 Å². The highest BCUT2D eigenvalue weighted by Gasteiger charge is 2.08. The molecule has 30 heavy (non-hydrogen) atoms. The predicted molar refractivity (Wildman–Crippen MR) is 120 cm³/mol. The maximum Gasteiger partial charge on any atom is 0.234 e. The van der Waals surface area contributed by atoms with E-state index in [0.717, 1.165) is 33.8 Å². The molecule has 1 amide bonds. The number of hydrogen-bond donors (Lipinski definition) is 1. The molecule has 2 heterocycles. The van der Waals surface area contributed by atoms with Crippen LogP contribution in [0.25, 0.3) is 16.9 Å². The molecule has 1 N–H and O–H groups in total. The summed E-state index contributed by atoms with van der Waals surface area (Å²) in [5.41, 5.74) is 5.83. The summed E-state index contributed by atoms with van der Waals surface area (Å²) in [4.78, 5) is 12.3. The third-order valence-corrected chi connectivity index (χ3v) is 5.72. The Labute approximate surface area is 179 Å². The first-order chi connectivity index (χ1) is 14.6. The van der Waals surface area contributed by atoms with Gasteiger partial charge in [-0.15, -0.1) is 10.2 Å². The van der Waals surface area contributed by atoms with Crippen LogP contribution in [0.5, 0.6) is 0 Å². The second kappa shape index (κ2) is 8.92. The number of aryl methyl sites for hydroxylation is 1. The Balaban J connectivity index is 1.35. The molecule has 7 heteroatoms. The van der Waals surface area contributed by atoms with Gasteiger partial charge in [0.15, 0.2) is 0 Å². The fourth-order valence-electron chi connectivity index (χ4n) is 2.97. The average molecular weight is 416 g/mol. The van der Waals surface area contributed by atoms with Crippen LogP contribution in [-0.4, -0.2) is 31.6 Å². The summed E-state index contributed by atoms with van der Waals surface area (Å²) >= 11 is 1.37. The normalized spacial score (nSPS) is 10.7.